The predicted octanol–water partition coefficient (Wildman–Crippen LogP) is 2.29. The van der Waals surface area contributed by atoms with E-state index in [1.54, 1.807) is 0 Å². The molecule has 108 valence electrons. The van der Waals surface area contributed by atoms with E-state index in [1.165, 1.54) is 0 Å². The van der Waals surface area contributed by atoms with Gasteiger partial charge in [-0.15, -0.1) is 0 Å². The highest BCUT2D eigenvalue weighted by molar-refractivity contribution is 5.95. The van der Waals surface area contributed by atoms with Crippen LogP contribution in [0.15, 0.2) is 54.6 Å². The highest BCUT2D eigenvalue weighted by Gasteiger charge is 2.07. The minimum absolute atomic E-state index is 0.0278. The van der Waals surface area contributed by atoms with Crippen LogP contribution < -0.4 is 10.6 Å². The number of benzene rings is 2. The molecule has 0 heterocycles. The maximum absolute atomic E-state index is 11.8. The molecule has 2 amide bonds. The monoisotopic (exact) mass is 282 g/mol. The van der Waals surface area contributed by atoms with Crippen LogP contribution >= 0.6 is 0 Å². The molecule has 0 fully saturated rings. The van der Waals surface area contributed by atoms with Crippen molar-refractivity contribution >= 4 is 17.5 Å². The van der Waals surface area contributed by atoms with E-state index in [4.69, 9.17) is 0 Å². The van der Waals surface area contributed by atoms with Crippen molar-refractivity contribution in [3.63, 3.8) is 0 Å². The van der Waals surface area contributed by atoms with Gasteiger partial charge in [0.25, 0.3) is 0 Å². The van der Waals surface area contributed by atoms with Crippen molar-refractivity contribution in [2.75, 3.05) is 11.9 Å². The summed E-state index contributed by atoms with van der Waals surface area (Å²) in [5.41, 5.74) is 2.68. The molecule has 0 bridgehead atoms. The van der Waals surface area contributed by atoms with Gasteiger partial charge in [0, 0.05) is 5.69 Å². The van der Waals surface area contributed by atoms with E-state index in [0.717, 1.165) is 16.8 Å². The largest absolute Gasteiger partial charge is 0.347 e. The van der Waals surface area contributed by atoms with Crippen LogP contribution in [0.2, 0.25) is 0 Å². The number of hydrogen-bond donors (Lipinski definition) is 2. The Kier molecular flexibility index (Phi) is 5.10. The molecule has 2 N–H and O–H groups in total. The first-order valence-corrected chi connectivity index (χ1v) is 6.81. The molecule has 0 unspecified atom stereocenters. The second kappa shape index (κ2) is 7.24. The zero-order valence-electron chi connectivity index (χ0n) is 11.9. The second-order valence-corrected chi connectivity index (χ2v) is 4.80. The molecule has 0 atom stereocenters. The Morgan fingerprint density at radius 1 is 0.905 bits per heavy atom. The molecule has 2 rings (SSSR count). The van der Waals surface area contributed by atoms with E-state index < -0.39 is 0 Å². The highest BCUT2D eigenvalue weighted by Crippen LogP contribution is 2.12. The van der Waals surface area contributed by atoms with Crippen molar-refractivity contribution in [2.24, 2.45) is 0 Å². The summed E-state index contributed by atoms with van der Waals surface area (Å²) in [6.45, 7) is 1.89. The van der Waals surface area contributed by atoms with E-state index in [-0.39, 0.29) is 24.8 Å². The number of amides is 2. The van der Waals surface area contributed by atoms with E-state index in [1.807, 2.05) is 61.5 Å². The first kappa shape index (κ1) is 14.8. The summed E-state index contributed by atoms with van der Waals surface area (Å²) in [4.78, 5) is 23.5. The average molecular weight is 282 g/mol. The van der Waals surface area contributed by atoms with Crippen molar-refractivity contribution in [2.45, 2.75) is 13.3 Å². The molecule has 0 saturated heterocycles. The zero-order chi connectivity index (χ0) is 15.1. The van der Waals surface area contributed by atoms with Gasteiger partial charge in [0.15, 0.2) is 0 Å². The topological polar surface area (TPSA) is 58.2 Å². The SMILES string of the molecule is Cc1ccccc1NC(=O)CNC(=O)Cc1ccccc1. The number of rotatable bonds is 5. The Morgan fingerprint density at radius 3 is 2.29 bits per heavy atom. The van der Waals surface area contributed by atoms with Gasteiger partial charge in [-0.3, -0.25) is 9.59 Å². The predicted molar refractivity (Wildman–Crippen MR) is 83.0 cm³/mol. The molecule has 0 spiro atoms. The highest BCUT2D eigenvalue weighted by atomic mass is 16.2. The van der Waals surface area contributed by atoms with Gasteiger partial charge < -0.3 is 10.6 Å². The quantitative estimate of drug-likeness (QED) is 0.884. The molecular formula is C17H18N2O2. The molecule has 0 saturated carbocycles. The summed E-state index contributed by atoms with van der Waals surface area (Å²) in [7, 11) is 0. The summed E-state index contributed by atoms with van der Waals surface area (Å²) in [6, 6.07) is 16.9. The second-order valence-electron chi connectivity index (χ2n) is 4.80. The van der Waals surface area contributed by atoms with Crippen LogP contribution in [0.1, 0.15) is 11.1 Å². The smallest absolute Gasteiger partial charge is 0.243 e. The first-order chi connectivity index (χ1) is 10.1. The van der Waals surface area contributed by atoms with Gasteiger partial charge in [-0.1, -0.05) is 48.5 Å². The Bertz CT molecular complexity index is 624. The van der Waals surface area contributed by atoms with E-state index in [0.29, 0.717) is 0 Å². The number of para-hydroxylation sites is 1. The van der Waals surface area contributed by atoms with Crippen LogP contribution in [0.4, 0.5) is 5.69 Å². The summed E-state index contributed by atoms with van der Waals surface area (Å²) < 4.78 is 0. The maximum Gasteiger partial charge on any atom is 0.243 e. The molecule has 4 nitrogen and oxygen atoms in total. The minimum atomic E-state index is -0.231. The molecule has 21 heavy (non-hydrogen) atoms. The fourth-order valence-electron chi connectivity index (χ4n) is 1.93. The fourth-order valence-corrected chi connectivity index (χ4v) is 1.93. The standard InChI is InChI=1S/C17H18N2O2/c1-13-7-5-6-10-15(13)19-17(21)12-18-16(20)11-14-8-3-2-4-9-14/h2-10H,11-12H2,1H3,(H,18,20)(H,19,21). The molecule has 0 aliphatic heterocycles. The van der Waals surface area contributed by atoms with Crippen LogP contribution in [-0.4, -0.2) is 18.4 Å². The lowest BCUT2D eigenvalue weighted by molar-refractivity contribution is -0.123. The van der Waals surface area contributed by atoms with Gasteiger partial charge in [-0.05, 0) is 24.1 Å². The lowest BCUT2D eigenvalue weighted by Gasteiger charge is -2.09. The Morgan fingerprint density at radius 2 is 1.57 bits per heavy atom. The summed E-state index contributed by atoms with van der Waals surface area (Å²) in [6.07, 6.45) is 0.276. The summed E-state index contributed by atoms with van der Waals surface area (Å²) >= 11 is 0. The van der Waals surface area contributed by atoms with Crippen molar-refractivity contribution in [1.82, 2.24) is 5.32 Å². The van der Waals surface area contributed by atoms with Crippen LogP contribution in [0.25, 0.3) is 0 Å². The molecule has 2 aromatic rings. The summed E-state index contributed by atoms with van der Waals surface area (Å²) in [5, 5.41) is 5.40. The Hall–Kier alpha value is -2.62. The minimum Gasteiger partial charge on any atom is -0.347 e. The van der Waals surface area contributed by atoms with Crippen LogP contribution in [0.3, 0.4) is 0 Å². The maximum atomic E-state index is 11.8. The van der Waals surface area contributed by atoms with E-state index in [2.05, 4.69) is 10.6 Å². The third-order valence-electron chi connectivity index (χ3n) is 3.07. The number of nitrogens with one attached hydrogen (secondary N) is 2. The van der Waals surface area contributed by atoms with Gasteiger partial charge >= 0.3 is 0 Å². The molecule has 2 aromatic carbocycles. The van der Waals surface area contributed by atoms with Gasteiger partial charge in [-0.25, -0.2) is 0 Å². The van der Waals surface area contributed by atoms with Gasteiger partial charge in [0.1, 0.15) is 0 Å². The van der Waals surface area contributed by atoms with Crippen molar-refractivity contribution in [3.05, 3.63) is 65.7 Å². The molecule has 0 aromatic heterocycles. The number of anilines is 1. The van der Waals surface area contributed by atoms with Gasteiger partial charge in [0.05, 0.1) is 13.0 Å². The molecule has 0 aliphatic carbocycles. The third-order valence-corrected chi connectivity index (χ3v) is 3.07. The lowest BCUT2D eigenvalue weighted by Crippen LogP contribution is -2.33. The number of hydrogen-bond acceptors (Lipinski definition) is 2. The van der Waals surface area contributed by atoms with Crippen molar-refractivity contribution < 1.29 is 9.59 Å². The van der Waals surface area contributed by atoms with Crippen LogP contribution in [0, 0.1) is 6.92 Å². The fraction of sp³-hybridized carbons (Fsp3) is 0.176. The van der Waals surface area contributed by atoms with E-state index >= 15 is 0 Å². The van der Waals surface area contributed by atoms with Crippen LogP contribution in [0.5, 0.6) is 0 Å². The van der Waals surface area contributed by atoms with E-state index in [9.17, 15) is 9.59 Å². The zero-order valence-corrected chi connectivity index (χ0v) is 11.9. The Balaban J connectivity index is 1.79. The number of carbonyl (C=O) groups excluding carboxylic acids is 2. The van der Waals surface area contributed by atoms with Crippen LogP contribution in [-0.2, 0) is 16.0 Å². The van der Waals surface area contributed by atoms with Gasteiger partial charge in [0.2, 0.25) is 11.8 Å². The van der Waals surface area contributed by atoms with Crippen molar-refractivity contribution in [1.29, 1.82) is 0 Å². The molecular weight excluding hydrogens is 264 g/mol. The summed E-state index contributed by atoms with van der Waals surface area (Å²) in [5.74, 6) is -0.396. The molecule has 0 aliphatic rings. The van der Waals surface area contributed by atoms with Crippen molar-refractivity contribution in [3.8, 4) is 0 Å². The number of carbonyl (C=O) groups is 2. The molecule has 0 radical (unpaired) electrons. The number of aryl methyl sites for hydroxylation is 1. The lowest BCUT2D eigenvalue weighted by atomic mass is 10.1. The third kappa shape index (κ3) is 4.76. The first-order valence-electron chi connectivity index (χ1n) is 6.81. The van der Waals surface area contributed by atoms with Gasteiger partial charge in [-0.2, -0.15) is 0 Å². The average Bonchev–Trinajstić information content (AvgIpc) is 2.49. The normalized spacial score (nSPS) is 9.95. The molecule has 4 heteroatoms. The Labute approximate surface area is 124 Å².